The van der Waals surface area contributed by atoms with Gasteiger partial charge in [-0.15, -0.1) is 0 Å². The van der Waals surface area contributed by atoms with Crippen LogP contribution in [0.5, 0.6) is 17.2 Å². The molecule has 4 rings (SSSR count). The number of methoxy groups -OCH3 is 2. The highest BCUT2D eigenvalue weighted by atomic mass is 16.5. The molecule has 2 aliphatic rings. The number of hydrogen-bond donors (Lipinski definition) is 1. The van der Waals surface area contributed by atoms with Gasteiger partial charge in [0, 0.05) is 6.07 Å². The number of phenolic OH excluding ortho intramolecular Hbond substituents is 1. The second kappa shape index (κ2) is 6.10. The maximum absolute atomic E-state index is 13.3. The number of ketones is 1. The number of phenols is 1. The van der Waals surface area contributed by atoms with Gasteiger partial charge < -0.3 is 14.6 Å². The first kappa shape index (κ1) is 16.0. The second-order valence-corrected chi connectivity index (χ2v) is 6.93. The first-order chi connectivity index (χ1) is 12.1. The molecule has 0 radical (unpaired) electrons. The van der Waals surface area contributed by atoms with E-state index in [0.717, 1.165) is 36.1 Å². The van der Waals surface area contributed by atoms with Crippen LogP contribution < -0.4 is 9.47 Å². The van der Waals surface area contributed by atoms with Crippen LogP contribution in [0.25, 0.3) is 0 Å². The van der Waals surface area contributed by atoms with Crippen molar-refractivity contribution in [3.8, 4) is 17.2 Å². The summed E-state index contributed by atoms with van der Waals surface area (Å²) in [7, 11) is 3.22. The number of rotatable bonds is 3. The van der Waals surface area contributed by atoms with Gasteiger partial charge in [0.15, 0.2) is 5.78 Å². The Morgan fingerprint density at radius 3 is 2.40 bits per heavy atom. The van der Waals surface area contributed by atoms with E-state index in [-0.39, 0.29) is 23.4 Å². The average molecular weight is 338 g/mol. The van der Waals surface area contributed by atoms with Gasteiger partial charge in [0.1, 0.15) is 17.2 Å². The van der Waals surface area contributed by atoms with Crippen molar-refractivity contribution in [2.24, 2.45) is 5.92 Å². The van der Waals surface area contributed by atoms with Gasteiger partial charge in [-0.2, -0.15) is 0 Å². The molecule has 2 aromatic rings. The SMILES string of the molecule is COc1ccc(C2C(=O)c3c(O)cc(OC)cc3C3CCCC32)cc1. The highest BCUT2D eigenvalue weighted by molar-refractivity contribution is 6.06. The van der Waals surface area contributed by atoms with Crippen LogP contribution in [0.1, 0.15) is 52.6 Å². The summed E-state index contributed by atoms with van der Waals surface area (Å²) < 4.78 is 10.5. The van der Waals surface area contributed by atoms with E-state index in [1.807, 2.05) is 30.3 Å². The molecule has 25 heavy (non-hydrogen) atoms. The Morgan fingerprint density at radius 1 is 1.00 bits per heavy atom. The minimum atomic E-state index is -0.204. The van der Waals surface area contributed by atoms with Crippen LogP contribution in [0.2, 0.25) is 0 Å². The Kier molecular flexibility index (Phi) is 3.91. The van der Waals surface area contributed by atoms with Crippen LogP contribution in [0.3, 0.4) is 0 Å². The summed E-state index contributed by atoms with van der Waals surface area (Å²) in [5, 5.41) is 10.5. The fourth-order valence-electron chi connectivity index (χ4n) is 4.63. The van der Waals surface area contributed by atoms with Gasteiger partial charge in [-0.1, -0.05) is 18.6 Å². The second-order valence-electron chi connectivity index (χ2n) is 6.93. The highest BCUT2D eigenvalue weighted by Gasteiger charge is 2.46. The van der Waals surface area contributed by atoms with E-state index in [2.05, 4.69) is 0 Å². The van der Waals surface area contributed by atoms with Gasteiger partial charge >= 0.3 is 0 Å². The summed E-state index contributed by atoms with van der Waals surface area (Å²) in [6.07, 6.45) is 3.18. The van der Waals surface area contributed by atoms with Crippen molar-refractivity contribution in [3.63, 3.8) is 0 Å². The van der Waals surface area contributed by atoms with Gasteiger partial charge in [-0.3, -0.25) is 4.79 Å². The number of benzene rings is 2. The van der Waals surface area contributed by atoms with Crippen LogP contribution in [-0.2, 0) is 0 Å². The maximum Gasteiger partial charge on any atom is 0.174 e. The van der Waals surface area contributed by atoms with E-state index in [9.17, 15) is 9.90 Å². The van der Waals surface area contributed by atoms with Crippen molar-refractivity contribution in [1.29, 1.82) is 0 Å². The fourth-order valence-corrected chi connectivity index (χ4v) is 4.63. The Labute approximate surface area is 147 Å². The number of carbonyl (C=O) groups excluding carboxylic acids is 1. The van der Waals surface area contributed by atoms with Crippen molar-refractivity contribution in [2.45, 2.75) is 31.1 Å². The Bertz CT molecular complexity index is 809. The molecule has 1 fully saturated rings. The van der Waals surface area contributed by atoms with E-state index in [0.29, 0.717) is 17.2 Å². The third-order valence-electron chi connectivity index (χ3n) is 5.76. The molecule has 1 saturated carbocycles. The Morgan fingerprint density at radius 2 is 1.72 bits per heavy atom. The van der Waals surface area contributed by atoms with Crippen molar-refractivity contribution in [2.75, 3.05) is 14.2 Å². The molecule has 0 spiro atoms. The normalized spacial score (nSPS) is 24.6. The summed E-state index contributed by atoms with van der Waals surface area (Å²) in [5.74, 6) is 1.80. The van der Waals surface area contributed by atoms with E-state index in [4.69, 9.17) is 9.47 Å². The summed E-state index contributed by atoms with van der Waals surface area (Å²) in [6.45, 7) is 0. The zero-order chi connectivity index (χ0) is 17.6. The molecule has 3 unspecified atom stereocenters. The molecule has 0 bridgehead atoms. The monoisotopic (exact) mass is 338 g/mol. The zero-order valence-electron chi connectivity index (χ0n) is 14.5. The van der Waals surface area contributed by atoms with Crippen LogP contribution >= 0.6 is 0 Å². The molecular formula is C21H22O4. The van der Waals surface area contributed by atoms with Crippen LogP contribution in [0.15, 0.2) is 36.4 Å². The van der Waals surface area contributed by atoms with Crippen LogP contribution in [0.4, 0.5) is 0 Å². The molecule has 4 nitrogen and oxygen atoms in total. The lowest BCUT2D eigenvalue weighted by molar-refractivity contribution is 0.0903. The predicted molar refractivity (Wildman–Crippen MR) is 94.8 cm³/mol. The lowest BCUT2D eigenvalue weighted by Gasteiger charge is -2.35. The van der Waals surface area contributed by atoms with Gasteiger partial charge in [-0.25, -0.2) is 0 Å². The fraction of sp³-hybridized carbons (Fsp3) is 0.381. The van der Waals surface area contributed by atoms with Crippen molar-refractivity contribution < 1.29 is 19.4 Å². The van der Waals surface area contributed by atoms with Crippen LogP contribution in [0, 0.1) is 5.92 Å². The van der Waals surface area contributed by atoms with Crippen LogP contribution in [-0.4, -0.2) is 25.1 Å². The summed E-state index contributed by atoms with van der Waals surface area (Å²) in [5.41, 5.74) is 2.43. The number of carbonyl (C=O) groups is 1. The lowest BCUT2D eigenvalue weighted by atomic mass is 9.67. The molecule has 4 heteroatoms. The summed E-state index contributed by atoms with van der Waals surface area (Å²) in [6, 6.07) is 11.2. The van der Waals surface area contributed by atoms with Gasteiger partial charge in [0.2, 0.25) is 0 Å². The standard InChI is InChI=1S/C21H22O4/c1-24-13-8-6-12(7-9-13)19-16-5-3-4-15(16)17-10-14(25-2)11-18(22)20(17)21(19)23/h6-11,15-16,19,22H,3-5H2,1-2H3. The number of aromatic hydroxyl groups is 1. The number of Topliss-reactive ketones (excluding diaryl/α,β-unsaturated/α-hetero) is 1. The lowest BCUT2D eigenvalue weighted by Crippen LogP contribution is -2.30. The third kappa shape index (κ3) is 2.48. The van der Waals surface area contributed by atoms with Crippen molar-refractivity contribution in [1.82, 2.24) is 0 Å². The highest BCUT2D eigenvalue weighted by Crippen LogP contribution is 2.54. The number of hydrogen-bond acceptors (Lipinski definition) is 4. The van der Waals surface area contributed by atoms with Crippen molar-refractivity contribution >= 4 is 5.78 Å². The molecule has 0 heterocycles. The molecule has 0 saturated heterocycles. The van der Waals surface area contributed by atoms with Gasteiger partial charge in [0.05, 0.1) is 25.7 Å². The van der Waals surface area contributed by atoms with E-state index < -0.39 is 0 Å². The molecule has 1 N–H and O–H groups in total. The quantitative estimate of drug-likeness (QED) is 0.908. The number of fused-ring (bicyclic) bond motifs is 3. The molecule has 0 aliphatic heterocycles. The topological polar surface area (TPSA) is 55.8 Å². The first-order valence-electron chi connectivity index (χ1n) is 8.73. The van der Waals surface area contributed by atoms with E-state index in [1.54, 1.807) is 14.2 Å². The molecule has 2 aliphatic carbocycles. The first-order valence-corrected chi connectivity index (χ1v) is 8.73. The van der Waals surface area contributed by atoms with Gasteiger partial charge in [0.25, 0.3) is 0 Å². The molecule has 0 amide bonds. The number of ether oxygens (including phenoxy) is 2. The summed E-state index contributed by atoms with van der Waals surface area (Å²) in [4.78, 5) is 13.3. The average Bonchev–Trinajstić information content (AvgIpc) is 3.11. The minimum Gasteiger partial charge on any atom is -0.507 e. The minimum absolute atomic E-state index is 0.0171. The van der Waals surface area contributed by atoms with E-state index in [1.165, 1.54) is 6.07 Å². The van der Waals surface area contributed by atoms with Gasteiger partial charge in [-0.05, 0) is 54.0 Å². The third-order valence-corrected chi connectivity index (χ3v) is 5.76. The molecule has 130 valence electrons. The molecule has 2 aromatic carbocycles. The predicted octanol–water partition coefficient (Wildman–Crippen LogP) is 4.27. The summed E-state index contributed by atoms with van der Waals surface area (Å²) >= 11 is 0. The molecule has 3 atom stereocenters. The Balaban J connectivity index is 1.84. The maximum atomic E-state index is 13.3. The largest absolute Gasteiger partial charge is 0.507 e. The molecular weight excluding hydrogens is 316 g/mol. The Hall–Kier alpha value is -2.49. The van der Waals surface area contributed by atoms with E-state index >= 15 is 0 Å². The zero-order valence-corrected chi connectivity index (χ0v) is 14.5. The van der Waals surface area contributed by atoms with Crippen molar-refractivity contribution in [3.05, 3.63) is 53.1 Å². The molecule has 0 aromatic heterocycles. The smallest absolute Gasteiger partial charge is 0.174 e.